The number of thioether (sulfide) groups is 1. The fourth-order valence-corrected chi connectivity index (χ4v) is 1.69. The minimum atomic E-state index is -4.35. The van der Waals surface area contributed by atoms with E-state index in [2.05, 4.69) is 4.98 Å². The minimum Gasteiger partial charge on any atom is -0.303 e. The average Bonchev–Trinajstić information content (AvgIpc) is 2.25. The molecular formula is C10H10F3NOS. The van der Waals surface area contributed by atoms with E-state index in [-0.39, 0.29) is 5.92 Å². The zero-order chi connectivity index (χ0) is 12.2. The van der Waals surface area contributed by atoms with Gasteiger partial charge in [0.2, 0.25) is 0 Å². The summed E-state index contributed by atoms with van der Waals surface area (Å²) in [5.74, 6) is 0.385. The van der Waals surface area contributed by atoms with Crippen LogP contribution in [0.5, 0.6) is 0 Å². The quantitative estimate of drug-likeness (QED) is 0.607. The highest BCUT2D eigenvalue weighted by atomic mass is 32.2. The second-order valence-electron chi connectivity index (χ2n) is 3.31. The Bertz CT molecular complexity index is 350. The minimum absolute atomic E-state index is 0.130. The molecule has 0 amide bonds. The van der Waals surface area contributed by atoms with E-state index in [0.717, 1.165) is 18.5 Å². The van der Waals surface area contributed by atoms with Gasteiger partial charge in [0, 0.05) is 17.9 Å². The molecule has 0 bridgehead atoms. The number of halogens is 3. The van der Waals surface area contributed by atoms with E-state index < -0.39 is 11.7 Å². The first-order chi connectivity index (χ1) is 7.43. The molecule has 0 aromatic carbocycles. The van der Waals surface area contributed by atoms with Gasteiger partial charge in [-0.15, -0.1) is 11.8 Å². The second-order valence-corrected chi connectivity index (χ2v) is 4.35. The molecule has 1 rings (SSSR count). The van der Waals surface area contributed by atoms with E-state index in [1.54, 1.807) is 6.92 Å². The van der Waals surface area contributed by atoms with Crippen LogP contribution in [-0.2, 0) is 11.0 Å². The summed E-state index contributed by atoms with van der Waals surface area (Å²) in [6.45, 7) is 1.74. The van der Waals surface area contributed by atoms with E-state index in [1.807, 2.05) is 0 Å². The lowest BCUT2D eigenvalue weighted by atomic mass is 10.3. The average molecular weight is 249 g/mol. The SMILES string of the molecule is CC(C=O)CSc1ccc(C(F)(F)F)cn1. The maximum Gasteiger partial charge on any atom is 0.417 e. The topological polar surface area (TPSA) is 30.0 Å². The first-order valence-electron chi connectivity index (χ1n) is 4.55. The van der Waals surface area contributed by atoms with Crippen molar-refractivity contribution in [1.29, 1.82) is 0 Å². The number of alkyl halides is 3. The molecule has 0 N–H and O–H groups in total. The Morgan fingerprint density at radius 3 is 2.62 bits per heavy atom. The first-order valence-corrected chi connectivity index (χ1v) is 5.53. The monoisotopic (exact) mass is 249 g/mol. The second kappa shape index (κ2) is 5.34. The van der Waals surface area contributed by atoms with Crippen LogP contribution in [0.2, 0.25) is 0 Å². The van der Waals surface area contributed by atoms with Crippen molar-refractivity contribution < 1.29 is 18.0 Å². The van der Waals surface area contributed by atoms with Crippen molar-refractivity contribution in [3.63, 3.8) is 0 Å². The van der Waals surface area contributed by atoms with Crippen LogP contribution in [0.15, 0.2) is 23.4 Å². The number of aldehydes is 1. The van der Waals surface area contributed by atoms with Gasteiger partial charge in [0.15, 0.2) is 0 Å². The number of nitrogens with zero attached hydrogens (tertiary/aromatic N) is 1. The Morgan fingerprint density at radius 2 is 2.19 bits per heavy atom. The Morgan fingerprint density at radius 1 is 1.50 bits per heavy atom. The van der Waals surface area contributed by atoms with Gasteiger partial charge in [-0.3, -0.25) is 0 Å². The van der Waals surface area contributed by atoms with Crippen molar-refractivity contribution in [2.75, 3.05) is 5.75 Å². The highest BCUT2D eigenvalue weighted by Gasteiger charge is 2.30. The summed E-state index contributed by atoms with van der Waals surface area (Å²) in [5, 5.41) is 0.488. The van der Waals surface area contributed by atoms with E-state index >= 15 is 0 Å². The van der Waals surface area contributed by atoms with Gasteiger partial charge in [-0.2, -0.15) is 13.2 Å². The van der Waals surface area contributed by atoms with E-state index in [9.17, 15) is 18.0 Å². The summed E-state index contributed by atoms with van der Waals surface area (Å²) < 4.78 is 36.6. The molecule has 0 saturated heterocycles. The Balaban J connectivity index is 2.62. The predicted molar refractivity (Wildman–Crippen MR) is 55.2 cm³/mol. The fraction of sp³-hybridized carbons (Fsp3) is 0.400. The fourth-order valence-electron chi connectivity index (χ4n) is 0.889. The third kappa shape index (κ3) is 3.84. The van der Waals surface area contributed by atoms with Crippen LogP contribution in [-0.4, -0.2) is 17.0 Å². The summed E-state index contributed by atoms with van der Waals surface area (Å²) in [4.78, 5) is 14.0. The van der Waals surface area contributed by atoms with Gasteiger partial charge >= 0.3 is 6.18 Å². The first kappa shape index (κ1) is 13.0. The molecule has 0 radical (unpaired) electrons. The molecule has 1 heterocycles. The summed E-state index contributed by atoms with van der Waals surface area (Å²) >= 11 is 1.26. The molecule has 0 aliphatic rings. The van der Waals surface area contributed by atoms with Gasteiger partial charge in [0.25, 0.3) is 0 Å². The van der Waals surface area contributed by atoms with Gasteiger partial charge in [-0.1, -0.05) is 6.92 Å². The molecule has 6 heteroatoms. The van der Waals surface area contributed by atoms with Crippen molar-refractivity contribution in [3.8, 4) is 0 Å². The highest BCUT2D eigenvalue weighted by Crippen LogP contribution is 2.29. The lowest BCUT2D eigenvalue weighted by molar-refractivity contribution is -0.137. The maximum atomic E-state index is 12.2. The predicted octanol–water partition coefficient (Wildman–Crippen LogP) is 3.03. The number of hydrogen-bond donors (Lipinski definition) is 0. The molecular weight excluding hydrogens is 239 g/mol. The zero-order valence-corrected chi connectivity index (χ0v) is 9.31. The van der Waals surface area contributed by atoms with Crippen molar-refractivity contribution in [1.82, 2.24) is 4.98 Å². The Labute approximate surface area is 95.3 Å². The molecule has 1 atom stereocenters. The number of carbonyl (C=O) groups excluding carboxylic acids is 1. The van der Waals surface area contributed by atoms with Crippen molar-refractivity contribution in [2.24, 2.45) is 5.92 Å². The van der Waals surface area contributed by atoms with Crippen LogP contribution >= 0.6 is 11.8 Å². The molecule has 0 fully saturated rings. The van der Waals surface area contributed by atoms with Crippen LogP contribution in [0.3, 0.4) is 0 Å². The van der Waals surface area contributed by atoms with Crippen molar-refractivity contribution >= 4 is 18.0 Å². The van der Waals surface area contributed by atoms with Crippen molar-refractivity contribution in [2.45, 2.75) is 18.1 Å². The molecule has 1 unspecified atom stereocenters. The molecule has 0 aliphatic heterocycles. The van der Waals surface area contributed by atoms with Crippen LogP contribution in [0, 0.1) is 5.92 Å². The molecule has 0 saturated carbocycles. The zero-order valence-electron chi connectivity index (χ0n) is 8.49. The highest BCUT2D eigenvalue weighted by molar-refractivity contribution is 7.99. The lowest BCUT2D eigenvalue weighted by Crippen LogP contribution is -2.05. The van der Waals surface area contributed by atoms with Gasteiger partial charge in [0.05, 0.1) is 10.6 Å². The van der Waals surface area contributed by atoms with Crippen LogP contribution in [0.25, 0.3) is 0 Å². The normalized spacial score (nSPS) is 13.5. The van der Waals surface area contributed by atoms with Gasteiger partial charge in [-0.05, 0) is 12.1 Å². The van der Waals surface area contributed by atoms with E-state index in [0.29, 0.717) is 10.8 Å². The summed E-state index contributed by atoms with van der Waals surface area (Å²) in [6, 6.07) is 2.30. The third-order valence-corrected chi connectivity index (χ3v) is 3.02. The smallest absolute Gasteiger partial charge is 0.303 e. The van der Waals surface area contributed by atoms with E-state index in [4.69, 9.17) is 0 Å². The van der Waals surface area contributed by atoms with Gasteiger partial charge < -0.3 is 4.79 Å². The molecule has 2 nitrogen and oxygen atoms in total. The van der Waals surface area contributed by atoms with Crippen molar-refractivity contribution in [3.05, 3.63) is 23.9 Å². The molecule has 1 aromatic rings. The maximum absolute atomic E-state index is 12.2. The van der Waals surface area contributed by atoms with Crippen LogP contribution < -0.4 is 0 Å². The summed E-state index contributed by atoms with van der Waals surface area (Å²) in [5.41, 5.74) is -0.764. The molecule has 88 valence electrons. The lowest BCUT2D eigenvalue weighted by Gasteiger charge is -2.07. The van der Waals surface area contributed by atoms with Gasteiger partial charge in [0.1, 0.15) is 6.29 Å². The Hall–Kier alpha value is -1.04. The number of pyridine rings is 1. The molecule has 1 aromatic heterocycles. The van der Waals surface area contributed by atoms with Crippen LogP contribution in [0.4, 0.5) is 13.2 Å². The van der Waals surface area contributed by atoms with E-state index in [1.165, 1.54) is 17.8 Å². The number of rotatable bonds is 4. The summed E-state index contributed by atoms with van der Waals surface area (Å²) in [7, 11) is 0. The standard InChI is InChI=1S/C10H10F3NOS/c1-7(5-15)6-16-9-3-2-8(4-14-9)10(11,12)13/h2-5,7H,6H2,1H3. The molecule has 0 spiro atoms. The summed E-state index contributed by atoms with van der Waals surface area (Å²) in [6.07, 6.45) is -2.75. The number of carbonyl (C=O) groups is 1. The largest absolute Gasteiger partial charge is 0.417 e. The third-order valence-electron chi connectivity index (χ3n) is 1.79. The van der Waals surface area contributed by atoms with Crippen LogP contribution in [0.1, 0.15) is 12.5 Å². The molecule has 0 aliphatic carbocycles. The number of aromatic nitrogens is 1. The Kier molecular flexibility index (Phi) is 4.35. The van der Waals surface area contributed by atoms with Gasteiger partial charge in [-0.25, -0.2) is 4.98 Å². The molecule has 16 heavy (non-hydrogen) atoms. The number of hydrogen-bond acceptors (Lipinski definition) is 3.